The van der Waals surface area contributed by atoms with Crippen molar-refractivity contribution in [3.63, 3.8) is 0 Å². The molecule has 1 aromatic carbocycles. The van der Waals surface area contributed by atoms with Gasteiger partial charge in [0, 0.05) is 18.5 Å². The second-order valence-electron chi connectivity index (χ2n) is 12.0. The van der Waals surface area contributed by atoms with Gasteiger partial charge in [0.05, 0.1) is 25.2 Å². The standard InChI is InChI=1S/C29H44N5O10PS/c1-18(2)22(31)24(36)44-23-20(43-25(29(23,5)39)34-12-11-21(30)33-27(34)38)16-42-45(40,32-15-19-9-7-6-8-10-19)41-13-14-46-26(37)28(3,4)17-35/h6-12,18,20,22-23,25,35,39H,13-17,31H2,1-5H3,(H,32,40)(H2,30,33,38)/t20-,22?,23-,25?,29-,45?/m1/s1. The first-order chi connectivity index (χ1) is 21.5. The van der Waals surface area contributed by atoms with Gasteiger partial charge in [-0.25, -0.2) is 14.4 Å². The number of nitrogens with zero attached hydrogens (tertiary/aromatic N) is 2. The summed E-state index contributed by atoms with van der Waals surface area (Å²) in [5.41, 5.74) is 8.59. The van der Waals surface area contributed by atoms with E-state index in [4.69, 9.17) is 30.0 Å². The molecule has 2 aromatic rings. The molecule has 0 radical (unpaired) electrons. The fourth-order valence-corrected chi connectivity index (χ4v) is 6.52. The van der Waals surface area contributed by atoms with Crippen molar-refractivity contribution in [1.29, 1.82) is 0 Å². The zero-order chi connectivity index (χ0) is 34.3. The highest BCUT2D eigenvalue weighted by Crippen LogP contribution is 2.47. The van der Waals surface area contributed by atoms with Crippen molar-refractivity contribution in [3.05, 3.63) is 58.6 Å². The number of carbonyl (C=O) groups is 2. The third-order valence-corrected chi connectivity index (χ3v) is 10.1. The van der Waals surface area contributed by atoms with E-state index in [0.29, 0.717) is 0 Å². The molecule has 256 valence electrons. The number of aliphatic hydroxyl groups is 2. The molecule has 1 fully saturated rings. The van der Waals surface area contributed by atoms with Crippen molar-refractivity contribution in [2.24, 2.45) is 17.1 Å². The average molecular weight is 686 g/mol. The van der Waals surface area contributed by atoms with Gasteiger partial charge in [-0.2, -0.15) is 4.98 Å². The minimum atomic E-state index is -4.14. The topological polar surface area (TPSA) is 228 Å². The first-order valence-electron chi connectivity index (χ1n) is 14.7. The smallest absolute Gasteiger partial charge is 0.405 e. The van der Waals surface area contributed by atoms with Crippen LogP contribution in [0.25, 0.3) is 0 Å². The molecular formula is C29H44N5O10PS. The molecule has 17 heteroatoms. The summed E-state index contributed by atoms with van der Waals surface area (Å²) in [6.45, 7) is 7.02. The van der Waals surface area contributed by atoms with Crippen LogP contribution in [0.3, 0.4) is 0 Å². The summed E-state index contributed by atoms with van der Waals surface area (Å²) in [5.74, 6) is -1.06. The third kappa shape index (κ3) is 9.69. The fraction of sp³-hybridized carbons (Fsp3) is 0.586. The Morgan fingerprint density at radius 2 is 1.91 bits per heavy atom. The maximum Gasteiger partial charge on any atom is 0.405 e. The minimum Gasteiger partial charge on any atom is -0.455 e. The van der Waals surface area contributed by atoms with Gasteiger partial charge in [0.15, 0.2) is 17.4 Å². The fourth-order valence-electron chi connectivity index (χ4n) is 4.28. The van der Waals surface area contributed by atoms with E-state index in [2.05, 4.69) is 10.1 Å². The summed E-state index contributed by atoms with van der Waals surface area (Å²) in [6, 6.07) is 9.34. The van der Waals surface area contributed by atoms with Gasteiger partial charge in [0.1, 0.15) is 23.6 Å². The number of benzene rings is 1. The molecule has 1 aliphatic heterocycles. The van der Waals surface area contributed by atoms with Crippen LogP contribution in [0.5, 0.6) is 0 Å². The number of hydrogen-bond donors (Lipinski definition) is 5. The Morgan fingerprint density at radius 1 is 1.24 bits per heavy atom. The van der Waals surface area contributed by atoms with Crippen molar-refractivity contribution in [2.45, 2.75) is 71.2 Å². The molecule has 7 N–H and O–H groups in total. The number of aromatic nitrogens is 2. The van der Waals surface area contributed by atoms with Crippen LogP contribution in [0.15, 0.2) is 47.4 Å². The van der Waals surface area contributed by atoms with Gasteiger partial charge in [-0.1, -0.05) is 55.9 Å². The number of ether oxygens (including phenoxy) is 2. The van der Waals surface area contributed by atoms with Crippen molar-refractivity contribution < 1.29 is 42.9 Å². The van der Waals surface area contributed by atoms with E-state index in [1.165, 1.54) is 19.2 Å². The van der Waals surface area contributed by atoms with Crippen LogP contribution < -0.4 is 22.2 Å². The Bertz CT molecular complexity index is 1440. The van der Waals surface area contributed by atoms with E-state index in [9.17, 15) is 29.2 Å². The molecule has 1 aromatic heterocycles. The summed E-state index contributed by atoms with van der Waals surface area (Å²) in [4.78, 5) is 41.7. The summed E-state index contributed by atoms with van der Waals surface area (Å²) in [6.07, 6.45) is -2.83. The van der Waals surface area contributed by atoms with Crippen LogP contribution in [-0.4, -0.2) is 80.3 Å². The van der Waals surface area contributed by atoms with Crippen molar-refractivity contribution in [1.82, 2.24) is 14.6 Å². The highest BCUT2D eigenvalue weighted by Gasteiger charge is 2.57. The van der Waals surface area contributed by atoms with E-state index in [1.807, 2.05) is 6.07 Å². The molecule has 1 aliphatic rings. The average Bonchev–Trinajstić information content (AvgIpc) is 3.25. The number of aliphatic hydroxyl groups excluding tert-OH is 1. The van der Waals surface area contributed by atoms with Gasteiger partial charge in [-0.3, -0.25) is 23.2 Å². The van der Waals surface area contributed by atoms with E-state index in [1.54, 1.807) is 52.0 Å². The van der Waals surface area contributed by atoms with Gasteiger partial charge in [-0.15, -0.1) is 0 Å². The highest BCUT2D eigenvalue weighted by atomic mass is 32.2. The lowest BCUT2D eigenvalue weighted by atomic mass is 9.95. The molecule has 2 heterocycles. The number of nitrogen functional groups attached to an aromatic ring is 1. The predicted molar refractivity (Wildman–Crippen MR) is 171 cm³/mol. The number of rotatable bonds is 16. The molecule has 0 bridgehead atoms. The Balaban J connectivity index is 1.84. The minimum absolute atomic E-state index is 0.0491. The first-order valence-corrected chi connectivity index (χ1v) is 17.2. The van der Waals surface area contributed by atoms with Gasteiger partial charge < -0.3 is 31.2 Å². The normalized spacial score (nSPS) is 23.6. The van der Waals surface area contributed by atoms with Gasteiger partial charge in [-0.05, 0) is 38.3 Å². The monoisotopic (exact) mass is 685 g/mol. The number of hydrogen-bond acceptors (Lipinski definition) is 14. The lowest BCUT2D eigenvalue weighted by Crippen LogP contribution is -2.51. The number of thioether (sulfide) groups is 1. The molecule has 0 spiro atoms. The van der Waals surface area contributed by atoms with Crippen molar-refractivity contribution >= 4 is 36.4 Å². The number of nitrogens with two attached hydrogens (primary N) is 2. The quantitative estimate of drug-likeness (QED) is 0.0960. The van der Waals surface area contributed by atoms with Gasteiger partial charge in [0.25, 0.3) is 0 Å². The largest absolute Gasteiger partial charge is 0.455 e. The van der Waals surface area contributed by atoms with Gasteiger partial charge >= 0.3 is 19.4 Å². The van der Waals surface area contributed by atoms with E-state index >= 15 is 0 Å². The molecule has 3 unspecified atom stereocenters. The Labute approximate surface area is 271 Å². The molecule has 46 heavy (non-hydrogen) atoms. The van der Waals surface area contributed by atoms with Crippen molar-refractivity contribution in [3.8, 4) is 0 Å². The number of esters is 1. The molecule has 0 saturated carbocycles. The zero-order valence-electron chi connectivity index (χ0n) is 26.5. The van der Waals surface area contributed by atoms with Crippen LogP contribution in [0.4, 0.5) is 5.82 Å². The van der Waals surface area contributed by atoms with E-state index in [-0.39, 0.29) is 42.4 Å². The third-order valence-electron chi connectivity index (χ3n) is 7.31. The van der Waals surface area contributed by atoms with Crippen LogP contribution in [0.1, 0.15) is 46.4 Å². The van der Waals surface area contributed by atoms with E-state index < -0.39 is 61.5 Å². The molecule has 3 rings (SSSR count). The molecular weight excluding hydrogens is 641 g/mol. The zero-order valence-corrected chi connectivity index (χ0v) is 28.2. The Kier molecular flexibility index (Phi) is 13.1. The van der Waals surface area contributed by atoms with Crippen LogP contribution >= 0.6 is 19.5 Å². The molecule has 1 saturated heterocycles. The molecule has 0 amide bonds. The summed E-state index contributed by atoms with van der Waals surface area (Å²) in [7, 11) is -4.14. The maximum atomic E-state index is 14.0. The summed E-state index contributed by atoms with van der Waals surface area (Å²) in [5, 5.41) is 23.6. The lowest BCUT2D eigenvalue weighted by Gasteiger charge is -2.31. The first kappa shape index (κ1) is 37.8. The number of carbonyl (C=O) groups excluding carboxylic acids is 2. The summed E-state index contributed by atoms with van der Waals surface area (Å²) < 4.78 is 38.0. The summed E-state index contributed by atoms with van der Waals surface area (Å²) >= 11 is 0.916. The SMILES string of the molecule is CC(C)C(N)C(=O)O[C@@H]1[C@@H](COP(=O)(NCc2ccccc2)OCCSC(=O)C(C)(C)CO)OC(n2ccc(N)nc2=O)[C@]1(C)O. The van der Waals surface area contributed by atoms with Crippen LogP contribution in [-0.2, 0) is 39.2 Å². The van der Waals surface area contributed by atoms with E-state index in [0.717, 1.165) is 21.9 Å². The van der Waals surface area contributed by atoms with Crippen LogP contribution in [0, 0.1) is 11.3 Å². The Hall–Kier alpha value is -2.66. The highest BCUT2D eigenvalue weighted by molar-refractivity contribution is 8.13. The van der Waals surface area contributed by atoms with Crippen LogP contribution in [0.2, 0.25) is 0 Å². The van der Waals surface area contributed by atoms with Gasteiger partial charge in [0.2, 0.25) is 0 Å². The lowest BCUT2D eigenvalue weighted by molar-refractivity contribution is -0.166. The second-order valence-corrected chi connectivity index (χ2v) is 14.9. The molecule has 15 nitrogen and oxygen atoms in total. The predicted octanol–water partition coefficient (Wildman–Crippen LogP) is 1.58. The number of nitrogens with one attached hydrogen (secondary N) is 1. The number of anilines is 1. The molecule has 6 atom stereocenters. The maximum absolute atomic E-state index is 14.0. The Morgan fingerprint density at radius 3 is 2.52 bits per heavy atom. The second kappa shape index (κ2) is 16.0. The van der Waals surface area contributed by atoms with Crippen molar-refractivity contribution in [2.75, 3.05) is 31.3 Å². The molecule has 0 aliphatic carbocycles.